The van der Waals surface area contributed by atoms with E-state index in [-0.39, 0.29) is 11.7 Å². The molecule has 4 rings (SSSR count). The number of carbonyl (C=O) groups is 1. The molecule has 2 saturated heterocycles. The van der Waals surface area contributed by atoms with Gasteiger partial charge in [0, 0.05) is 57.8 Å². The van der Waals surface area contributed by atoms with Crippen LogP contribution in [0.1, 0.15) is 51.0 Å². The summed E-state index contributed by atoms with van der Waals surface area (Å²) in [6, 6.07) is 4.64. The minimum Gasteiger partial charge on any atom is -0.348 e. The fourth-order valence-corrected chi connectivity index (χ4v) is 5.75. The van der Waals surface area contributed by atoms with E-state index in [2.05, 4.69) is 22.9 Å². The minimum atomic E-state index is -0.342. The SMILES string of the molecule is CCCN1C[C@@H](CC(=O)N(C)CCc2cccnc2)C[C@@H]2CC3(CC[C@H]21)OCCO3. The summed E-state index contributed by atoms with van der Waals surface area (Å²) in [6.45, 7) is 6.61. The summed E-state index contributed by atoms with van der Waals surface area (Å²) in [5.41, 5.74) is 1.18. The molecule has 3 fully saturated rings. The third-order valence-corrected chi connectivity index (χ3v) is 7.21. The van der Waals surface area contributed by atoms with Gasteiger partial charge in [0.05, 0.1) is 13.2 Å². The standard InChI is InChI=1S/C24H37N3O3/c1-3-10-27-18-20(14-21-16-24(8-6-22(21)27)29-12-13-30-24)15-23(28)26(2)11-7-19-5-4-9-25-17-19/h4-5,9,17,20-22H,3,6-8,10-16,18H2,1-2H3/t20-,21-,22-/m1/s1. The first-order valence-corrected chi connectivity index (χ1v) is 11.7. The van der Waals surface area contributed by atoms with Crippen LogP contribution in [-0.2, 0) is 20.7 Å². The zero-order valence-electron chi connectivity index (χ0n) is 18.6. The van der Waals surface area contributed by atoms with Crippen molar-refractivity contribution in [3.63, 3.8) is 0 Å². The van der Waals surface area contributed by atoms with E-state index in [1.807, 2.05) is 24.2 Å². The van der Waals surface area contributed by atoms with Crippen molar-refractivity contribution in [2.45, 2.75) is 63.7 Å². The molecule has 2 aliphatic heterocycles. The highest BCUT2D eigenvalue weighted by molar-refractivity contribution is 5.76. The summed E-state index contributed by atoms with van der Waals surface area (Å²) in [5.74, 6) is 0.905. The van der Waals surface area contributed by atoms with E-state index < -0.39 is 0 Å². The Balaban J connectivity index is 1.34. The number of likely N-dealkylation sites (N-methyl/N-ethyl adjacent to an activating group) is 1. The molecule has 1 aromatic rings. The van der Waals surface area contributed by atoms with Gasteiger partial charge in [0.2, 0.25) is 5.91 Å². The van der Waals surface area contributed by atoms with Crippen LogP contribution < -0.4 is 0 Å². The molecular formula is C24H37N3O3. The lowest BCUT2D eigenvalue weighted by molar-refractivity contribution is -0.203. The van der Waals surface area contributed by atoms with E-state index in [0.29, 0.717) is 24.3 Å². The van der Waals surface area contributed by atoms with Crippen molar-refractivity contribution in [3.8, 4) is 0 Å². The van der Waals surface area contributed by atoms with Gasteiger partial charge in [0.15, 0.2) is 5.79 Å². The Morgan fingerprint density at radius 2 is 2.20 bits per heavy atom. The summed E-state index contributed by atoms with van der Waals surface area (Å²) in [5, 5.41) is 0. The largest absolute Gasteiger partial charge is 0.348 e. The van der Waals surface area contributed by atoms with Gasteiger partial charge in [-0.1, -0.05) is 13.0 Å². The second-order valence-electron chi connectivity index (χ2n) is 9.41. The van der Waals surface area contributed by atoms with Gasteiger partial charge in [-0.15, -0.1) is 0 Å². The van der Waals surface area contributed by atoms with Crippen LogP contribution in [0.15, 0.2) is 24.5 Å². The van der Waals surface area contributed by atoms with Crippen LogP contribution in [0.3, 0.4) is 0 Å². The number of ether oxygens (including phenoxy) is 2. The lowest BCUT2D eigenvalue weighted by Crippen LogP contribution is -2.55. The molecule has 6 heteroatoms. The highest BCUT2D eigenvalue weighted by atomic mass is 16.7. The van der Waals surface area contributed by atoms with Gasteiger partial charge < -0.3 is 14.4 Å². The molecule has 0 N–H and O–H groups in total. The van der Waals surface area contributed by atoms with Gasteiger partial charge in [-0.2, -0.15) is 0 Å². The molecule has 6 nitrogen and oxygen atoms in total. The zero-order valence-corrected chi connectivity index (χ0v) is 18.6. The minimum absolute atomic E-state index is 0.262. The van der Waals surface area contributed by atoms with E-state index in [4.69, 9.17) is 9.47 Å². The topological polar surface area (TPSA) is 54.9 Å². The maximum atomic E-state index is 12.9. The monoisotopic (exact) mass is 415 g/mol. The molecule has 1 aliphatic carbocycles. The maximum absolute atomic E-state index is 12.9. The molecule has 166 valence electrons. The van der Waals surface area contributed by atoms with E-state index in [9.17, 15) is 4.79 Å². The third kappa shape index (κ3) is 5.04. The Bertz CT molecular complexity index is 692. The van der Waals surface area contributed by atoms with Gasteiger partial charge in [0.1, 0.15) is 0 Å². The van der Waals surface area contributed by atoms with Crippen molar-refractivity contribution in [2.75, 3.05) is 39.9 Å². The Morgan fingerprint density at radius 3 is 2.93 bits per heavy atom. The van der Waals surface area contributed by atoms with Crippen molar-refractivity contribution in [2.24, 2.45) is 11.8 Å². The van der Waals surface area contributed by atoms with Gasteiger partial charge in [-0.25, -0.2) is 0 Å². The number of aromatic nitrogens is 1. The van der Waals surface area contributed by atoms with E-state index in [1.54, 1.807) is 6.20 Å². The van der Waals surface area contributed by atoms with Gasteiger partial charge >= 0.3 is 0 Å². The second kappa shape index (κ2) is 9.75. The summed E-state index contributed by atoms with van der Waals surface area (Å²) in [4.78, 5) is 21.7. The first-order valence-electron chi connectivity index (χ1n) is 11.7. The first kappa shape index (κ1) is 21.7. The number of amides is 1. The van der Waals surface area contributed by atoms with Crippen LogP contribution >= 0.6 is 0 Å². The number of likely N-dealkylation sites (tertiary alicyclic amines) is 1. The molecule has 30 heavy (non-hydrogen) atoms. The number of piperidine rings is 1. The summed E-state index contributed by atoms with van der Waals surface area (Å²) in [6.07, 6.45) is 10.6. The lowest BCUT2D eigenvalue weighted by Gasteiger charge is -2.51. The average Bonchev–Trinajstić information content (AvgIpc) is 3.20. The number of rotatable bonds is 7. The lowest BCUT2D eigenvalue weighted by atomic mass is 9.72. The van der Waals surface area contributed by atoms with Crippen molar-refractivity contribution in [3.05, 3.63) is 30.1 Å². The number of pyridine rings is 1. The quantitative estimate of drug-likeness (QED) is 0.685. The molecule has 1 aromatic heterocycles. The summed E-state index contributed by atoms with van der Waals surface area (Å²) >= 11 is 0. The predicted molar refractivity (Wildman–Crippen MR) is 116 cm³/mol. The molecule has 1 saturated carbocycles. The van der Waals surface area contributed by atoms with Gasteiger partial charge in [0.25, 0.3) is 0 Å². The van der Waals surface area contributed by atoms with Crippen LogP contribution in [0.5, 0.6) is 0 Å². The fraction of sp³-hybridized carbons (Fsp3) is 0.750. The zero-order chi connectivity index (χ0) is 21.0. The van der Waals surface area contributed by atoms with Crippen molar-refractivity contribution >= 4 is 5.91 Å². The molecule has 0 aromatic carbocycles. The van der Waals surface area contributed by atoms with Gasteiger partial charge in [-0.05, 0) is 55.7 Å². The van der Waals surface area contributed by atoms with Crippen LogP contribution in [0, 0.1) is 11.8 Å². The number of nitrogens with zero attached hydrogens (tertiary/aromatic N) is 3. The maximum Gasteiger partial charge on any atom is 0.222 e. The Labute approximate surface area is 180 Å². The van der Waals surface area contributed by atoms with Crippen LogP contribution in [0.2, 0.25) is 0 Å². The predicted octanol–water partition coefficient (Wildman–Crippen LogP) is 3.12. The van der Waals surface area contributed by atoms with Crippen molar-refractivity contribution in [1.82, 2.24) is 14.8 Å². The molecular weight excluding hydrogens is 378 g/mol. The Kier molecular flexibility index (Phi) is 7.06. The van der Waals surface area contributed by atoms with Crippen molar-refractivity contribution < 1.29 is 14.3 Å². The molecule has 3 heterocycles. The molecule has 0 bridgehead atoms. The van der Waals surface area contributed by atoms with Crippen molar-refractivity contribution in [1.29, 1.82) is 0 Å². The highest BCUT2D eigenvalue weighted by Gasteiger charge is 2.48. The number of hydrogen-bond donors (Lipinski definition) is 0. The number of hydrogen-bond acceptors (Lipinski definition) is 5. The molecule has 1 spiro atoms. The van der Waals surface area contributed by atoms with Gasteiger partial charge in [-0.3, -0.25) is 14.7 Å². The van der Waals surface area contributed by atoms with E-state index in [1.165, 1.54) is 5.56 Å². The van der Waals surface area contributed by atoms with E-state index >= 15 is 0 Å². The molecule has 0 radical (unpaired) electrons. The average molecular weight is 416 g/mol. The first-order chi connectivity index (χ1) is 14.6. The third-order valence-electron chi connectivity index (χ3n) is 7.21. The molecule has 3 atom stereocenters. The fourth-order valence-electron chi connectivity index (χ4n) is 5.75. The van der Waals surface area contributed by atoms with Crippen LogP contribution in [-0.4, -0.2) is 72.4 Å². The molecule has 3 aliphatic rings. The van der Waals surface area contributed by atoms with Crippen LogP contribution in [0.4, 0.5) is 0 Å². The Morgan fingerprint density at radius 1 is 1.37 bits per heavy atom. The molecule has 0 unspecified atom stereocenters. The number of fused-ring (bicyclic) bond motifs is 1. The van der Waals surface area contributed by atoms with E-state index in [0.717, 1.165) is 71.4 Å². The normalized spacial score (nSPS) is 28.4. The smallest absolute Gasteiger partial charge is 0.222 e. The molecule has 1 amide bonds. The number of carbonyl (C=O) groups excluding carboxylic acids is 1. The highest BCUT2D eigenvalue weighted by Crippen LogP contribution is 2.45. The summed E-state index contributed by atoms with van der Waals surface area (Å²) < 4.78 is 12.1. The Hall–Kier alpha value is -1.50. The second-order valence-corrected chi connectivity index (χ2v) is 9.41. The van der Waals surface area contributed by atoms with Crippen LogP contribution in [0.25, 0.3) is 0 Å². The summed E-state index contributed by atoms with van der Waals surface area (Å²) in [7, 11) is 1.93.